The number of ether oxygens (including phenoxy) is 2. The Hall–Kier alpha value is -3.60. The van der Waals surface area contributed by atoms with Gasteiger partial charge in [0, 0.05) is 35.8 Å². The standard InChI is InChI=1S/C31H44N4O6/c1-30(2,3)40-28(38)34-24(16-20-12-8-7-9-13-20)25(36)18-32-19-26(37)27(35-29(39)41-31(4,5)6)22-17-33-23-15-11-10-14-21(22)23/h7-15,17,24-27,32-33,36-37H,16,18-19H2,1-6H3,(H,34,38)(H,35,39)/t24-,25+,26+,27-/m0/s1. The number of hydrogen-bond acceptors (Lipinski definition) is 7. The van der Waals surface area contributed by atoms with E-state index in [4.69, 9.17) is 9.47 Å². The van der Waals surface area contributed by atoms with Gasteiger partial charge < -0.3 is 40.6 Å². The van der Waals surface area contributed by atoms with E-state index < -0.39 is 47.7 Å². The lowest BCUT2D eigenvalue weighted by atomic mass is 9.99. The Kier molecular flexibility index (Phi) is 10.8. The maximum Gasteiger partial charge on any atom is 0.408 e. The molecule has 224 valence electrons. The second-order valence-corrected chi connectivity index (χ2v) is 12.1. The molecule has 0 aliphatic heterocycles. The highest BCUT2D eigenvalue weighted by molar-refractivity contribution is 5.84. The Morgan fingerprint density at radius 3 is 2.00 bits per heavy atom. The highest BCUT2D eigenvalue weighted by atomic mass is 16.6. The second kappa shape index (κ2) is 13.8. The summed E-state index contributed by atoms with van der Waals surface area (Å²) >= 11 is 0. The average Bonchev–Trinajstić information content (AvgIpc) is 3.29. The number of aliphatic hydroxyl groups excluding tert-OH is 2. The zero-order valence-electron chi connectivity index (χ0n) is 24.7. The van der Waals surface area contributed by atoms with Crippen molar-refractivity contribution in [1.29, 1.82) is 0 Å². The molecule has 0 unspecified atom stereocenters. The van der Waals surface area contributed by atoms with Crippen LogP contribution in [0.1, 0.15) is 58.7 Å². The fourth-order valence-electron chi connectivity index (χ4n) is 4.42. The Bertz CT molecular complexity index is 1260. The fourth-order valence-corrected chi connectivity index (χ4v) is 4.42. The van der Waals surface area contributed by atoms with Gasteiger partial charge in [-0.1, -0.05) is 48.5 Å². The number of carbonyl (C=O) groups excluding carboxylic acids is 2. The minimum Gasteiger partial charge on any atom is -0.444 e. The van der Waals surface area contributed by atoms with Crippen molar-refractivity contribution in [3.63, 3.8) is 0 Å². The summed E-state index contributed by atoms with van der Waals surface area (Å²) in [6.45, 7) is 10.7. The molecule has 41 heavy (non-hydrogen) atoms. The van der Waals surface area contributed by atoms with Crippen molar-refractivity contribution < 1.29 is 29.3 Å². The van der Waals surface area contributed by atoms with Crippen LogP contribution in [-0.2, 0) is 15.9 Å². The van der Waals surface area contributed by atoms with Gasteiger partial charge in [0.2, 0.25) is 0 Å². The van der Waals surface area contributed by atoms with E-state index in [1.165, 1.54) is 0 Å². The fraction of sp³-hybridized carbons (Fsp3) is 0.484. The first kappa shape index (κ1) is 31.9. The van der Waals surface area contributed by atoms with Crippen LogP contribution in [0.2, 0.25) is 0 Å². The minimum absolute atomic E-state index is 0.0432. The van der Waals surface area contributed by atoms with E-state index in [2.05, 4.69) is 20.9 Å². The SMILES string of the molecule is CC(C)(C)OC(=O)N[C@@H](Cc1ccccc1)[C@H](O)CNC[C@@H](O)[C@@H](NC(=O)OC(C)(C)C)c1c[nH]c2ccccc12. The Balaban J connectivity index is 1.70. The monoisotopic (exact) mass is 568 g/mol. The van der Waals surface area contributed by atoms with Crippen molar-refractivity contribution >= 4 is 23.1 Å². The number of aliphatic hydroxyl groups is 2. The summed E-state index contributed by atoms with van der Waals surface area (Å²) in [5, 5.41) is 31.8. The normalized spacial score (nSPS) is 15.0. The van der Waals surface area contributed by atoms with Crippen molar-refractivity contribution in [2.24, 2.45) is 0 Å². The molecule has 0 bridgehead atoms. The Morgan fingerprint density at radius 1 is 0.805 bits per heavy atom. The van der Waals surface area contributed by atoms with Gasteiger partial charge in [-0.05, 0) is 59.6 Å². The maximum atomic E-state index is 12.7. The summed E-state index contributed by atoms with van der Waals surface area (Å²) in [6.07, 6.45) is -1.22. The van der Waals surface area contributed by atoms with Crippen LogP contribution in [0.3, 0.4) is 0 Å². The molecule has 0 spiro atoms. The van der Waals surface area contributed by atoms with E-state index in [1.807, 2.05) is 54.6 Å². The highest BCUT2D eigenvalue weighted by Crippen LogP contribution is 2.27. The zero-order valence-corrected chi connectivity index (χ0v) is 24.7. The lowest BCUT2D eigenvalue weighted by Gasteiger charge is -2.29. The Morgan fingerprint density at radius 2 is 1.37 bits per heavy atom. The molecule has 0 fully saturated rings. The summed E-state index contributed by atoms with van der Waals surface area (Å²) in [6, 6.07) is 15.7. The van der Waals surface area contributed by atoms with Crippen molar-refractivity contribution in [3.05, 3.63) is 71.9 Å². The minimum atomic E-state index is -1.07. The van der Waals surface area contributed by atoms with Crippen LogP contribution in [0.25, 0.3) is 10.9 Å². The lowest BCUT2D eigenvalue weighted by molar-refractivity contribution is 0.0398. The number of amides is 2. The smallest absolute Gasteiger partial charge is 0.408 e. The number of benzene rings is 2. The molecule has 0 aliphatic rings. The number of aromatic nitrogens is 1. The maximum absolute atomic E-state index is 12.7. The van der Waals surface area contributed by atoms with Crippen LogP contribution < -0.4 is 16.0 Å². The van der Waals surface area contributed by atoms with Crippen LogP contribution in [0.15, 0.2) is 60.8 Å². The Labute approximate surface area is 241 Å². The second-order valence-electron chi connectivity index (χ2n) is 12.1. The summed E-state index contributed by atoms with van der Waals surface area (Å²) in [4.78, 5) is 28.4. The van der Waals surface area contributed by atoms with Gasteiger partial charge in [0.05, 0.1) is 24.3 Å². The van der Waals surface area contributed by atoms with E-state index in [0.29, 0.717) is 12.0 Å². The number of rotatable bonds is 11. The third-order valence-corrected chi connectivity index (χ3v) is 6.19. The summed E-state index contributed by atoms with van der Waals surface area (Å²) in [7, 11) is 0. The van der Waals surface area contributed by atoms with Gasteiger partial charge in [0.25, 0.3) is 0 Å². The molecule has 3 rings (SSSR count). The third-order valence-electron chi connectivity index (χ3n) is 6.19. The van der Waals surface area contributed by atoms with Gasteiger partial charge in [0.1, 0.15) is 11.2 Å². The van der Waals surface area contributed by atoms with E-state index in [-0.39, 0.29) is 13.1 Å². The molecule has 2 aromatic carbocycles. The highest BCUT2D eigenvalue weighted by Gasteiger charge is 2.29. The number of hydrogen-bond donors (Lipinski definition) is 6. The van der Waals surface area contributed by atoms with Gasteiger partial charge in [-0.2, -0.15) is 0 Å². The number of nitrogens with one attached hydrogen (secondary N) is 4. The van der Waals surface area contributed by atoms with Crippen molar-refractivity contribution in [2.75, 3.05) is 13.1 Å². The number of aromatic amines is 1. The zero-order chi connectivity index (χ0) is 30.2. The topological polar surface area (TPSA) is 145 Å². The number of fused-ring (bicyclic) bond motifs is 1. The number of H-pyrrole nitrogens is 1. The van der Waals surface area contributed by atoms with Gasteiger partial charge in [-0.15, -0.1) is 0 Å². The quantitative estimate of drug-likeness (QED) is 0.204. The van der Waals surface area contributed by atoms with Gasteiger partial charge in [-0.25, -0.2) is 9.59 Å². The van der Waals surface area contributed by atoms with Crippen molar-refractivity contribution in [3.8, 4) is 0 Å². The van der Waals surface area contributed by atoms with E-state index >= 15 is 0 Å². The molecule has 0 saturated carbocycles. The first-order valence-electron chi connectivity index (χ1n) is 13.9. The largest absolute Gasteiger partial charge is 0.444 e. The number of alkyl carbamates (subject to hydrolysis) is 2. The molecule has 0 aliphatic carbocycles. The van der Waals surface area contributed by atoms with Crippen molar-refractivity contribution in [2.45, 2.75) is 83.5 Å². The molecule has 1 heterocycles. The number of carbonyl (C=O) groups is 2. The van der Waals surface area contributed by atoms with Crippen LogP contribution in [0, 0.1) is 0 Å². The summed E-state index contributed by atoms with van der Waals surface area (Å²) < 4.78 is 10.8. The van der Waals surface area contributed by atoms with E-state index in [1.54, 1.807) is 47.7 Å². The molecule has 3 aromatic rings. The van der Waals surface area contributed by atoms with Crippen LogP contribution in [0.5, 0.6) is 0 Å². The molecule has 4 atom stereocenters. The number of para-hydroxylation sites is 1. The predicted molar refractivity (Wildman–Crippen MR) is 159 cm³/mol. The van der Waals surface area contributed by atoms with Gasteiger partial charge in [0.15, 0.2) is 0 Å². The first-order chi connectivity index (χ1) is 19.2. The molecule has 6 N–H and O–H groups in total. The van der Waals surface area contributed by atoms with E-state index in [0.717, 1.165) is 16.5 Å². The summed E-state index contributed by atoms with van der Waals surface area (Å²) in [5.41, 5.74) is 1.11. The van der Waals surface area contributed by atoms with E-state index in [9.17, 15) is 19.8 Å². The molecule has 0 radical (unpaired) electrons. The van der Waals surface area contributed by atoms with Crippen LogP contribution in [0.4, 0.5) is 9.59 Å². The molecular weight excluding hydrogens is 524 g/mol. The van der Waals surface area contributed by atoms with Crippen molar-refractivity contribution in [1.82, 2.24) is 20.9 Å². The molecule has 2 amide bonds. The molecule has 10 nitrogen and oxygen atoms in total. The van der Waals surface area contributed by atoms with Crippen LogP contribution in [-0.4, -0.2) is 69.9 Å². The molecular formula is C31H44N4O6. The first-order valence-corrected chi connectivity index (χ1v) is 13.9. The van der Waals surface area contributed by atoms with Gasteiger partial charge >= 0.3 is 12.2 Å². The molecule has 0 saturated heterocycles. The lowest BCUT2D eigenvalue weighted by Crippen LogP contribution is -2.51. The van der Waals surface area contributed by atoms with Gasteiger partial charge in [-0.3, -0.25) is 0 Å². The molecule has 1 aromatic heterocycles. The summed E-state index contributed by atoms with van der Waals surface area (Å²) in [5.74, 6) is 0. The third kappa shape index (κ3) is 10.4. The van der Waals surface area contributed by atoms with Crippen LogP contribution >= 0.6 is 0 Å². The average molecular weight is 569 g/mol. The molecule has 10 heteroatoms. The predicted octanol–water partition coefficient (Wildman–Crippen LogP) is 4.18.